The summed E-state index contributed by atoms with van der Waals surface area (Å²) in [5, 5.41) is 11.5. The van der Waals surface area contributed by atoms with Gasteiger partial charge < -0.3 is 19.9 Å². The number of aliphatic hydroxyl groups is 1. The molecule has 0 aliphatic heterocycles. The molecule has 2 aromatic carbocycles. The quantitative estimate of drug-likeness (QED) is 0.488. The molecule has 0 bridgehead atoms. The third-order valence-corrected chi connectivity index (χ3v) is 6.30. The molecule has 2 N–H and O–H groups in total. The van der Waals surface area contributed by atoms with E-state index in [0.717, 1.165) is 9.87 Å². The summed E-state index contributed by atoms with van der Waals surface area (Å²) in [7, 11) is -1.07. The minimum absolute atomic E-state index is 0.0105. The van der Waals surface area contributed by atoms with Crippen molar-refractivity contribution in [2.75, 3.05) is 40.5 Å². The Kier molecular flexibility index (Phi) is 9.10. The molecule has 8 nitrogen and oxygen atoms in total. The summed E-state index contributed by atoms with van der Waals surface area (Å²) in [6.45, 7) is 0.0310. The smallest absolute Gasteiger partial charge is 0.243 e. The summed E-state index contributed by atoms with van der Waals surface area (Å²) >= 11 is 0. The van der Waals surface area contributed by atoms with Crippen LogP contribution in [0.15, 0.2) is 53.4 Å². The van der Waals surface area contributed by atoms with Gasteiger partial charge in [0.15, 0.2) is 11.5 Å². The van der Waals surface area contributed by atoms with Crippen LogP contribution in [0, 0.1) is 0 Å². The summed E-state index contributed by atoms with van der Waals surface area (Å²) in [6, 6.07) is 13.8. The fraction of sp³-hybridized carbons (Fsp3) is 0.381. The SMILES string of the molecule is COc1ccc(S(=O)(=O)N(CCc2ccccc2)CC(=O)NCCCO)cc1OC. The van der Waals surface area contributed by atoms with E-state index in [1.165, 1.54) is 32.4 Å². The predicted octanol–water partition coefficient (Wildman–Crippen LogP) is 1.44. The van der Waals surface area contributed by atoms with Gasteiger partial charge in [-0.25, -0.2) is 8.42 Å². The predicted molar refractivity (Wildman–Crippen MR) is 113 cm³/mol. The molecule has 1 amide bonds. The first kappa shape index (κ1) is 23.7. The van der Waals surface area contributed by atoms with Crippen molar-refractivity contribution in [1.82, 2.24) is 9.62 Å². The van der Waals surface area contributed by atoms with Gasteiger partial charge in [-0.15, -0.1) is 0 Å². The van der Waals surface area contributed by atoms with Crippen LogP contribution < -0.4 is 14.8 Å². The molecular formula is C21H28N2O6S. The van der Waals surface area contributed by atoms with Crippen LogP contribution in [0.4, 0.5) is 0 Å². The topological polar surface area (TPSA) is 105 Å². The van der Waals surface area contributed by atoms with E-state index in [2.05, 4.69) is 5.32 Å². The van der Waals surface area contributed by atoms with Crippen LogP contribution in [0.3, 0.4) is 0 Å². The molecular weight excluding hydrogens is 408 g/mol. The average molecular weight is 437 g/mol. The molecule has 0 spiro atoms. The third kappa shape index (κ3) is 6.45. The number of sulfonamides is 1. The maximum Gasteiger partial charge on any atom is 0.243 e. The lowest BCUT2D eigenvalue weighted by atomic mass is 10.1. The molecule has 30 heavy (non-hydrogen) atoms. The molecule has 9 heteroatoms. The maximum atomic E-state index is 13.3. The number of ether oxygens (including phenoxy) is 2. The van der Waals surface area contributed by atoms with Crippen molar-refractivity contribution in [1.29, 1.82) is 0 Å². The van der Waals surface area contributed by atoms with Crippen molar-refractivity contribution < 1.29 is 27.8 Å². The van der Waals surface area contributed by atoms with Crippen molar-refractivity contribution in [3.8, 4) is 11.5 Å². The zero-order valence-electron chi connectivity index (χ0n) is 17.2. The number of methoxy groups -OCH3 is 2. The number of carbonyl (C=O) groups excluding carboxylic acids is 1. The first-order chi connectivity index (χ1) is 14.4. The second-order valence-electron chi connectivity index (χ2n) is 6.52. The first-order valence-electron chi connectivity index (χ1n) is 9.56. The van der Waals surface area contributed by atoms with Gasteiger partial charge in [-0.1, -0.05) is 30.3 Å². The number of hydrogen-bond acceptors (Lipinski definition) is 6. The van der Waals surface area contributed by atoms with Gasteiger partial charge in [-0.2, -0.15) is 4.31 Å². The van der Waals surface area contributed by atoms with E-state index < -0.39 is 15.9 Å². The van der Waals surface area contributed by atoms with Crippen molar-refractivity contribution in [2.45, 2.75) is 17.7 Å². The lowest BCUT2D eigenvalue weighted by Gasteiger charge is -2.22. The van der Waals surface area contributed by atoms with Crippen molar-refractivity contribution >= 4 is 15.9 Å². The summed E-state index contributed by atoms with van der Waals surface area (Å²) in [5.41, 5.74) is 0.964. The molecule has 2 rings (SSSR count). The number of benzene rings is 2. The molecule has 0 fully saturated rings. The fourth-order valence-electron chi connectivity index (χ4n) is 2.83. The van der Waals surface area contributed by atoms with Gasteiger partial charge in [0.2, 0.25) is 15.9 Å². The second-order valence-corrected chi connectivity index (χ2v) is 8.46. The number of aliphatic hydroxyl groups excluding tert-OH is 1. The number of rotatable bonds is 12. The standard InChI is InChI=1S/C21H28N2O6S/c1-28-19-10-9-18(15-20(19)29-2)30(26,27)23(16-21(25)22-12-6-14-24)13-11-17-7-4-3-5-8-17/h3-5,7-10,15,24H,6,11-14,16H2,1-2H3,(H,22,25). The minimum Gasteiger partial charge on any atom is -0.493 e. The van der Waals surface area contributed by atoms with Crippen LogP contribution in [-0.4, -0.2) is 64.2 Å². The van der Waals surface area contributed by atoms with Crippen molar-refractivity contribution in [2.24, 2.45) is 0 Å². The Morgan fingerprint density at radius 3 is 2.40 bits per heavy atom. The molecule has 0 heterocycles. The van der Waals surface area contributed by atoms with Crippen LogP contribution in [0.5, 0.6) is 11.5 Å². The van der Waals surface area contributed by atoms with E-state index in [4.69, 9.17) is 14.6 Å². The maximum absolute atomic E-state index is 13.3. The van der Waals surface area contributed by atoms with Crippen LogP contribution in [0.1, 0.15) is 12.0 Å². The summed E-state index contributed by atoms with van der Waals surface area (Å²) in [6.07, 6.45) is 0.857. The minimum atomic E-state index is -3.97. The van der Waals surface area contributed by atoms with E-state index in [1.54, 1.807) is 0 Å². The molecule has 2 aromatic rings. The van der Waals surface area contributed by atoms with Crippen LogP contribution in [-0.2, 0) is 21.2 Å². The summed E-state index contributed by atoms with van der Waals surface area (Å²) in [4.78, 5) is 12.3. The van der Waals surface area contributed by atoms with Gasteiger partial charge >= 0.3 is 0 Å². The highest BCUT2D eigenvalue weighted by Gasteiger charge is 2.27. The molecule has 0 aromatic heterocycles. The lowest BCUT2D eigenvalue weighted by Crippen LogP contribution is -2.42. The second kappa shape index (κ2) is 11.5. The van der Waals surface area contributed by atoms with Gasteiger partial charge in [0.1, 0.15) is 0 Å². The Labute approximate surface area is 177 Å². The molecule has 0 saturated heterocycles. The molecule has 0 aliphatic rings. The Morgan fingerprint density at radius 1 is 1.07 bits per heavy atom. The summed E-state index contributed by atoms with van der Waals surface area (Å²) in [5.74, 6) is 0.267. The van der Waals surface area contributed by atoms with E-state index in [9.17, 15) is 13.2 Å². The van der Waals surface area contributed by atoms with E-state index >= 15 is 0 Å². The van der Waals surface area contributed by atoms with Crippen molar-refractivity contribution in [3.05, 3.63) is 54.1 Å². The largest absolute Gasteiger partial charge is 0.493 e. The number of amides is 1. The molecule has 164 valence electrons. The lowest BCUT2D eigenvalue weighted by molar-refractivity contribution is -0.121. The van der Waals surface area contributed by atoms with E-state index in [1.807, 2.05) is 30.3 Å². The number of carbonyl (C=O) groups is 1. The van der Waals surface area contributed by atoms with Gasteiger partial charge in [0.25, 0.3) is 0 Å². The Morgan fingerprint density at radius 2 is 1.77 bits per heavy atom. The third-order valence-electron chi connectivity index (χ3n) is 4.46. The zero-order valence-corrected chi connectivity index (χ0v) is 18.0. The fourth-order valence-corrected chi connectivity index (χ4v) is 4.24. The van der Waals surface area contributed by atoms with Crippen molar-refractivity contribution in [3.63, 3.8) is 0 Å². The van der Waals surface area contributed by atoms with E-state index in [-0.39, 0.29) is 36.9 Å². The monoisotopic (exact) mass is 436 g/mol. The number of nitrogens with one attached hydrogen (secondary N) is 1. The zero-order chi connectivity index (χ0) is 22.0. The Hall–Kier alpha value is -2.62. The molecule has 0 radical (unpaired) electrons. The highest BCUT2D eigenvalue weighted by atomic mass is 32.2. The van der Waals surface area contributed by atoms with Gasteiger partial charge in [0, 0.05) is 25.8 Å². The number of nitrogens with zero attached hydrogens (tertiary/aromatic N) is 1. The highest BCUT2D eigenvalue weighted by molar-refractivity contribution is 7.89. The van der Waals surface area contributed by atoms with Gasteiger partial charge in [0.05, 0.1) is 25.7 Å². The number of hydrogen-bond donors (Lipinski definition) is 2. The average Bonchev–Trinajstić information content (AvgIpc) is 2.76. The molecule has 0 aliphatic carbocycles. The molecule has 0 unspecified atom stereocenters. The molecule has 0 atom stereocenters. The van der Waals surface area contributed by atoms with Gasteiger partial charge in [-0.05, 0) is 30.5 Å². The first-order valence-corrected chi connectivity index (χ1v) is 11.0. The van der Waals surface area contributed by atoms with Crippen LogP contribution in [0.2, 0.25) is 0 Å². The van der Waals surface area contributed by atoms with Crippen LogP contribution in [0.25, 0.3) is 0 Å². The Balaban J connectivity index is 2.27. The van der Waals surface area contributed by atoms with Gasteiger partial charge in [-0.3, -0.25) is 4.79 Å². The van der Waals surface area contributed by atoms with Crippen LogP contribution >= 0.6 is 0 Å². The molecule has 0 saturated carbocycles. The summed E-state index contributed by atoms with van der Waals surface area (Å²) < 4.78 is 38.1. The van der Waals surface area contributed by atoms with E-state index in [0.29, 0.717) is 18.6 Å². The normalized spacial score (nSPS) is 11.3. The Bertz CT molecular complexity index is 918. The highest BCUT2D eigenvalue weighted by Crippen LogP contribution is 2.30.